The lowest BCUT2D eigenvalue weighted by atomic mass is 9.85. The van der Waals surface area contributed by atoms with Gasteiger partial charge in [0.2, 0.25) is 0 Å². The molecule has 0 heterocycles. The number of ether oxygens (including phenoxy) is 1. The Morgan fingerprint density at radius 1 is 0.828 bits per heavy atom. The Bertz CT molecular complexity index is 978. The lowest BCUT2D eigenvalue weighted by molar-refractivity contribution is -0.115. The average Bonchev–Trinajstić information content (AvgIpc) is 2.75. The third-order valence-corrected chi connectivity index (χ3v) is 5.28. The van der Waals surface area contributed by atoms with E-state index in [4.69, 9.17) is 4.74 Å². The molecule has 2 unspecified atom stereocenters. The summed E-state index contributed by atoms with van der Waals surface area (Å²) in [4.78, 5) is 12.3. The number of hydrogen-bond acceptors (Lipinski definition) is 3. The van der Waals surface area contributed by atoms with E-state index in [0.717, 1.165) is 29.2 Å². The highest BCUT2D eigenvalue weighted by Crippen LogP contribution is 2.31. The van der Waals surface area contributed by atoms with Gasteiger partial charge in [-0.3, -0.25) is 4.79 Å². The Morgan fingerprint density at radius 2 is 1.45 bits per heavy atom. The molecule has 1 N–H and O–H groups in total. The highest BCUT2D eigenvalue weighted by molar-refractivity contribution is 5.92. The summed E-state index contributed by atoms with van der Waals surface area (Å²) in [5.74, 6) is 2.06. The van der Waals surface area contributed by atoms with Gasteiger partial charge in [-0.05, 0) is 54.7 Å². The van der Waals surface area contributed by atoms with Crippen molar-refractivity contribution >= 4 is 5.78 Å². The predicted octanol–water partition coefficient (Wildman–Crippen LogP) is 6.16. The van der Waals surface area contributed by atoms with Gasteiger partial charge in [-0.25, -0.2) is 0 Å². The molecule has 0 saturated heterocycles. The largest absolute Gasteiger partial charge is 0.457 e. The van der Waals surface area contributed by atoms with Gasteiger partial charge in [-0.15, -0.1) is 0 Å². The van der Waals surface area contributed by atoms with Crippen molar-refractivity contribution in [1.82, 2.24) is 5.32 Å². The molecule has 29 heavy (non-hydrogen) atoms. The number of allylic oxidation sites excluding steroid dienone is 2. The van der Waals surface area contributed by atoms with E-state index in [-0.39, 0.29) is 17.7 Å². The quantitative estimate of drug-likeness (QED) is 0.554. The molecule has 3 heteroatoms. The number of hydrogen-bond donors (Lipinski definition) is 1. The summed E-state index contributed by atoms with van der Waals surface area (Å²) >= 11 is 0. The number of rotatable bonds is 6. The molecule has 0 spiro atoms. The maximum atomic E-state index is 12.3. The fraction of sp³-hybridized carbons (Fsp3) is 0.192. The second-order valence-electron chi connectivity index (χ2n) is 7.50. The minimum absolute atomic E-state index is 0.106. The van der Waals surface area contributed by atoms with E-state index in [9.17, 15) is 4.79 Å². The van der Waals surface area contributed by atoms with Crippen LogP contribution in [0.15, 0.2) is 96.7 Å². The van der Waals surface area contributed by atoms with E-state index in [0.29, 0.717) is 6.42 Å². The van der Waals surface area contributed by atoms with Gasteiger partial charge in [0.25, 0.3) is 0 Å². The van der Waals surface area contributed by atoms with Crippen molar-refractivity contribution in [3.8, 4) is 11.5 Å². The van der Waals surface area contributed by atoms with Crippen molar-refractivity contribution in [2.45, 2.75) is 31.7 Å². The van der Waals surface area contributed by atoms with Crippen LogP contribution in [0, 0.1) is 0 Å². The van der Waals surface area contributed by atoms with E-state index in [2.05, 4.69) is 36.5 Å². The molecule has 0 radical (unpaired) electrons. The number of nitrogens with one attached hydrogen (secondary N) is 1. The Morgan fingerprint density at radius 3 is 2.14 bits per heavy atom. The molecule has 3 aromatic carbocycles. The number of benzene rings is 3. The van der Waals surface area contributed by atoms with Crippen LogP contribution in [0.25, 0.3) is 0 Å². The van der Waals surface area contributed by atoms with Crippen LogP contribution < -0.4 is 10.1 Å². The number of carbonyl (C=O) groups excluding carboxylic acids is 1. The van der Waals surface area contributed by atoms with Crippen LogP contribution in [0.3, 0.4) is 0 Å². The van der Waals surface area contributed by atoms with Crippen LogP contribution in [0.4, 0.5) is 0 Å². The van der Waals surface area contributed by atoms with Gasteiger partial charge in [0.15, 0.2) is 5.78 Å². The van der Waals surface area contributed by atoms with Crippen molar-refractivity contribution in [2.24, 2.45) is 0 Å². The summed E-state index contributed by atoms with van der Waals surface area (Å²) in [5.41, 5.74) is 3.39. The summed E-state index contributed by atoms with van der Waals surface area (Å²) < 4.78 is 5.86. The van der Waals surface area contributed by atoms with Gasteiger partial charge < -0.3 is 10.1 Å². The van der Waals surface area contributed by atoms with Crippen molar-refractivity contribution in [3.05, 3.63) is 108 Å². The molecule has 3 nitrogen and oxygen atoms in total. The molecule has 2 atom stereocenters. The van der Waals surface area contributed by atoms with E-state index in [1.165, 1.54) is 5.56 Å². The zero-order valence-electron chi connectivity index (χ0n) is 16.5. The van der Waals surface area contributed by atoms with Gasteiger partial charge in [-0.2, -0.15) is 0 Å². The van der Waals surface area contributed by atoms with E-state index >= 15 is 0 Å². The minimum Gasteiger partial charge on any atom is -0.457 e. The molecule has 146 valence electrons. The molecule has 0 aromatic heterocycles. The van der Waals surface area contributed by atoms with Crippen molar-refractivity contribution < 1.29 is 9.53 Å². The minimum atomic E-state index is 0.106. The number of carbonyl (C=O) groups is 1. The molecule has 1 aliphatic carbocycles. The maximum absolute atomic E-state index is 12.3. The first-order valence-electron chi connectivity index (χ1n) is 10.0. The van der Waals surface area contributed by atoms with Gasteiger partial charge in [0.1, 0.15) is 11.5 Å². The van der Waals surface area contributed by atoms with Crippen LogP contribution in [0.2, 0.25) is 0 Å². The van der Waals surface area contributed by atoms with E-state index < -0.39 is 0 Å². The van der Waals surface area contributed by atoms with Gasteiger partial charge in [0.05, 0.1) is 0 Å². The number of para-hydroxylation sites is 1. The summed E-state index contributed by atoms with van der Waals surface area (Å²) in [6, 6.07) is 28.2. The standard InChI is InChI=1S/C26H25NO2/c1-19(20-12-14-26(15-13-20)29-25-10-6-3-7-11-25)27-23-16-22(17-24(28)18-23)21-8-4-2-5-9-21/h2-15,18-19,22,27H,16-17H2,1H3. The molecule has 4 rings (SSSR count). The second-order valence-corrected chi connectivity index (χ2v) is 7.50. The van der Waals surface area contributed by atoms with E-state index in [1.54, 1.807) is 6.08 Å². The third-order valence-electron chi connectivity index (χ3n) is 5.28. The summed E-state index contributed by atoms with van der Waals surface area (Å²) in [7, 11) is 0. The van der Waals surface area contributed by atoms with Gasteiger partial charge in [-0.1, -0.05) is 60.7 Å². The maximum Gasteiger partial charge on any atom is 0.158 e. The van der Waals surface area contributed by atoms with Crippen LogP contribution in [-0.4, -0.2) is 5.78 Å². The molecular formula is C26H25NO2. The summed E-state index contributed by atoms with van der Waals surface area (Å²) in [6.07, 6.45) is 3.20. The third kappa shape index (κ3) is 4.94. The molecular weight excluding hydrogens is 358 g/mol. The molecule has 0 bridgehead atoms. The normalized spacial score (nSPS) is 17.3. The van der Waals surface area contributed by atoms with Crippen LogP contribution in [0.1, 0.15) is 42.9 Å². The fourth-order valence-electron chi connectivity index (χ4n) is 3.76. The zero-order valence-corrected chi connectivity index (χ0v) is 16.5. The molecule has 0 fully saturated rings. The van der Waals surface area contributed by atoms with Crippen LogP contribution >= 0.6 is 0 Å². The lowest BCUT2D eigenvalue weighted by Crippen LogP contribution is -2.24. The average molecular weight is 383 g/mol. The first-order valence-corrected chi connectivity index (χ1v) is 10.0. The Kier molecular flexibility index (Phi) is 5.76. The molecule has 1 aliphatic rings. The molecule has 0 saturated carbocycles. The summed E-state index contributed by atoms with van der Waals surface area (Å²) in [5, 5.41) is 3.53. The van der Waals surface area contributed by atoms with Crippen LogP contribution in [-0.2, 0) is 4.79 Å². The highest BCUT2D eigenvalue weighted by Gasteiger charge is 2.23. The van der Waals surface area contributed by atoms with Gasteiger partial charge in [0, 0.05) is 24.2 Å². The van der Waals surface area contributed by atoms with Gasteiger partial charge >= 0.3 is 0 Å². The number of ketones is 1. The zero-order chi connectivity index (χ0) is 20.1. The Balaban J connectivity index is 1.40. The van der Waals surface area contributed by atoms with E-state index in [1.807, 2.05) is 60.7 Å². The summed E-state index contributed by atoms with van der Waals surface area (Å²) in [6.45, 7) is 2.12. The highest BCUT2D eigenvalue weighted by atomic mass is 16.5. The first-order chi connectivity index (χ1) is 14.2. The first kappa shape index (κ1) is 19.0. The van der Waals surface area contributed by atoms with Crippen molar-refractivity contribution in [3.63, 3.8) is 0 Å². The SMILES string of the molecule is CC(NC1=CC(=O)CC(c2ccccc2)C1)c1ccc(Oc2ccccc2)cc1. The van der Waals surface area contributed by atoms with Crippen molar-refractivity contribution in [1.29, 1.82) is 0 Å². The topological polar surface area (TPSA) is 38.3 Å². The Labute approximate surface area is 172 Å². The fourth-order valence-corrected chi connectivity index (χ4v) is 3.76. The predicted molar refractivity (Wildman–Crippen MR) is 116 cm³/mol. The van der Waals surface area contributed by atoms with Crippen molar-refractivity contribution in [2.75, 3.05) is 0 Å². The molecule has 0 aliphatic heterocycles. The molecule has 3 aromatic rings. The lowest BCUT2D eigenvalue weighted by Gasteiger charge is -2.26. The smallest absolute Gasteiger partial charge is 0.158 e. The Hall–Kier alpha value is -3.33. The molecule has 0 amide bonds. The second kappa shape index (κ2) is 8.78. The monoisotopic (exact) mass is 383 g/mol. The van der Waals surface area contributed by atoms with Crippen LogP contribution in [0.5, 0.6) is 11.5 Å².